The van der Waals surface area contributed by atoms with Gasteiger partial charge < -0.3 is 0 Å². The van der Waals surface area contributed by atoms with Crippen LogP contribution >= 0.6 is 0 Å². The van der Waals surface area contributed by atoms with Gasteiger partial charge in [-0.1, -0.05) is 19.1 Å². The lowest BCUT2D eigenvalue weighted by molar-refractivity contribution is 0.111. The maximum Gasteiger partial charge on any atom is 0.153 e. The summed E-state index contributed by atoms with van der Waals surface area (Å²) in [5.74, 6) is -0.384. The summed E-state index contributed by atoms with van der Waals surface area (Å²) in [6.07, 6.45) is 1.15. The SMILES string of the molecule is CCc1cccc(C=O)c1F. The summed E-state index contributed by atoms with van der Waals surface area (Å²) < 4.78 is 13.0. The first-order valence-electron chi connectivity index (χ1n) is 3.52. The number of aldehydes is 1. The highest BCUT2D eigenvalue weighted by Gasteiger charge is 2.03. The second kappa shape index (κ2) is 3.28. The number of rotatable bonds is 2. The quantitative estimate of drug-likeness (QED) is 0.594. The second-order valence-electron chi connectivity index (χ2n) is 2.29. The molecule has 0 amide bonds. The molecule has 1 aromatic carbocycles. The molecular weight excluding hydrogens is 143 g/mol. The van der Waals surface area contributed by atoms with E-state index in [1.807, 2.05) is 6.92 Å². The Balaban J connectivity index is 3.20. The van der Waals surface area contributed by atoms with Crippen molar-refractivity contribution in [2.24, 2.45) is 0 Å². The van der Waals surface area contributed by atoms with Crippen LogP contribution in [0.25, 0.3) is 0 Å². The van der Waals surface area contributed by atoms with Crippen molar-refractivity contribution in [3.8, 4) is 0 Å². The molecule has 0 heterocycles. The van der Waals surface area contributed by atoms with E-state index >= 15 is 0 Å². The summed E-state index contributed by atoms with van der Waals surface area (Å²) in [6, 6.07) is 4.84. The molecule has 0 radical (unpaired) electrons. The zero-order valence-corrected chi connectivity index (χ0v) is 6.30. The van der Waals surface area contributed by atoms with E-state index in [0.29, 0.717) is 18.3 Å². The number of hydrogen-bond donors (Lipinski definition) is 0. The average Bonchev–Trinajstić information content (AvgIpc) is 2.05. The Hall–Kier alpha value is -1.18. The normalized spacial score (nSPS) is 9.64. The fourth-order valence-electron chi connectivity index (χ4n) is 0.964. The molecule has 2 heteroatoms. The zero-order valence-electron chi connectivity index (χ0n) is 6.30. The van der Waals surface area contributed by atoms with E-state index in [2.05, 4.69) is 0 Å². The second-order valence-corrected chi connectivity index (χ2v) is 2.29. The number of benzene rings is 1. The topological polar surface area (TPSA) is 17.1 Å². The van der Waals surface area contributed by atoms with Crippen LogP contribution in [0.15, 0.2) is 18.2 Å². The summed E-state index contributed by atoms with van der Waals surface area (Å²) in [5, 5.41) is 0. The van der Waals surface area contributed by atoms with Gasteiger partial charge in [0.05, 0.1) is 5.56 Å². The van der Waals surface area contributed by atoms with Crippen molar-refractivity contribution < 1.29 is 9.18 Å². The Morgan fingerprint density at radius 3 is 2.82 bits per heavy atom. The highest BCUT2D eigenvalue weighted by atomic mass is 19.1. The molecule has 0 saturated heterocycles. The summed E-state index contributed by atoms with van der Waals surface area (Å²) in [5.41, 5.74) is 0.735. The van der Waals surface area contributed by atoms with Crippen LogP contribution in [0.5, 0.6) is 0 Å². The van der Waals surface area contributed by atoms with Crippen LogP contribution in [0.3, 0.4) is 0 Å². The van der Waals surface area contributed by atoms with Crippen molar-refractivity contribution in [3.63, 3.8) is 0 Å². The predicted octanol–water partition coefficient (Wildman–Crippen LogP) is 2.20. The zero-order chi connectivity index (χ0) is 8.27. The van der Waals surface area contributed by atoms with E-state index in [4.69, 9.17) is 0 Å². The first-order chi connectivity index (χ1) is 5.29. The fourth-order valence-corrected chi connectivity index (χ4v) is 0.964. The predicted molar refractivity (Wildman–Crippen MR) is 41.2 cm³/mol. The van der Waals surface area contributed by atoms with E-state index in [0.717, 1.165) is 0 Å². The Morgan fingerprint density at radius 1 is 1.55 bits per heavy atom. The fraction of sp³-hybridized carbons (Fsp3) is 0.222. The van der Waals surface area contributed by atoms with Gasteiger partial charge in [-0.2, -0.15) is 0 Å². The molecule has 1 aromatic rings. The molecule has 1 nitrogen and oxygen atoms in total. The van der Waals surface area contributed by atoms with E-state index in [1.165, 1.54) is 6.07 Å². The van der Waals surface area contributed by atoms with Gasteiger partial charge in [0.15, 0.2) is 6.29 Å². The molecule has 0 aliphatic carbocycles. The molecule has 58 valence electrons. The number of carbonyl (C=O) groups is 1. The molecule has 0 N–H and O–H groups in total. The van der Waals surface area contributed by atoms with Gasteiger partial charge in [0.1, 0.15) is 5.82 Å². The summed E-state index contributed by atoms with van der Waals surface area (Å²) in [4.78, 5) is 10.3. The van der Waals surface area contributed by atoms with Crippen LogP contribution in [-0.2, 0) is 6.42 Å². The van der Waals surface area contributed by atoms with E-state index < -0.39 is 0 Å². The third-order valence-electron chi connectivity index (χ3n) is 1.62. The van der Waals surface area contributed by atoms with Gasteiger partial charge in [0, 0.05) is 0 Å². The third kappa shape index (κ3) is 1.45. The molecule has 0 saturated carbocycles. The van der Waals surface area contributed by atoms with Crippen molar-refractivity contribution in [3.05, 3.63) is 35.1 Å². The van der Waals surface area contributed by atoms with Crippen molar-refractivity contribution in [1.29, 1.82) is 0 Å². The largest absolute Gasteiger partial charge is 0.298 e. The Morgan fingerprint density at radius 2 is 2.27 bits per heavy atom. The number of hydrogen-bond acceptors (Lipinski definition) is 1. The number of aryl methyl sites for hydroxylation is 1. The van der Waals surface area contributed by atoms with E-state index in [1.54, 1.807) is 12.1 Å². The summed E-state index contributed by atoms with van der Waals surface area (Å²) in [6.45, 7) is 1.85. The average molecular weight is 152 g/mol. The minimum Gasteiger partial charge on any atom is -0.298 e. The lowest BCUT2D eigenvalue weighted by Gasteiger charge is -1.99. The standard InChI is InChI=1S/C9H9FO/c1-2-7-4-3-5-8(6-11)9(7)10/h3-6H,2H2,1H3. The van der Waals surface area contributed by atoms with E-state index in [9.17, 15) is 9.18 Å². The van der Waals surface area contributed by atoms with Crippen LogP contribution < -0.4 is 0 Å². The molecule has 0 aliphatic heterocycles. The van der Waals surface area contributed by atoms with Crippen LogP contribution in [0.4, 0.5) is 4.39 Å². The lowest BCUT2D eigenvalue weighted by Crippen LogP contribution is -1.93. The Labute approximate surface area is 64.9 Å². The van der Waals surface area contributed by atoms with E-state index in [-0.39, 0.29) is 11.4 Å². The highest BCUT2D eigenvalue weighted by molar-refractivity contribution is 5.75. The van der Waals surface area contributed by atoms with Gasteiger partial charge in [0.2, 0.25) is 0 Å². The molecule has 0 aliphatic rings. The van der Waals surface area contributed by atoms with Gasteiger partial charge in [-0.05, 0) is 18.1 Å². The van der Waals surface area contributed by atoms with Crippen LogP contribution in [0.1, 0.15) is 22.8 Å². The molecule has 0 spiro atoms. The van der Waals surface area contributed by atoms with Gasteiger partial charge in [0.25, 0.3) is 0 Å². The van der Waals surface area contributed by atoms with Crippen LogP contribution in [-0.4, -0.2) is 6.29 Å². The lowest BCUT2D eigenvalue weighted by atomic mass is 10.1. The maximum atomic E-state index is 13.0. The summed E-state index contributed by atoms with van der Waals surface area (Å²) >= 11 is 0. The number of carbonyl (C=O) groups excluding carboxylic acids is 1. The van der Waals surface area contributed by atoms with Gasteiger partial charge >= 0.3 is 0 Å². The molecule has 0 bridgehead atoms. The minimum absolute atomic E-state index is 0.143. The van der Waals surface area contributed by atoms with Crippen molar-refractivity contribution >= 4 is 6.29 Å². The van der Waals surface area contributed by atoms with Gasteiger partial charge in [-0.3, -0.25) is 4.79 Å². The van der Waals surface area contributed by atoms with Gasteiger partial charge in [-0.25, -0.2) is 4.39 Å². The molecule has 11 heavy (non-hydrogen) atoms. The maximum absolute atomic E-state index is 13.0. The molecular formula is C9H9FO. The Kier molecular flexibility index (Phi) is 2.36. The van der Waals surface area contributed by atoms with Crippen LogP contribution in [0.2, 0.25) is 0 Å². The molecule has 0 unspecified atom stereocenters. The minimum atomic E-state index is -0.384. The van der Waals surface area contributed by atoms with Crippen molar-refractivity contribution in [2.75, 3.05) is 0 Å². The molecule has 0 atom stereocenters. The van der Waals surface area contributed by atoms with Crippen molar-refractivity contribution in [1.82, 2.24) is 0 Å². The molecule has 0 aromatic heterocycles. The first kappa shape index (κ1) is 7.92. The monoisotopic (exact) mass is 152 g/mol. The van der Waals surface area contributed by atoms with Crippen LogP contribution in [0, 0.1) is 5.82 Å². The van der Waals surface area contributed by atoms with Crippen molar-refractivity contribution in [2.45, 2.75) is 13.3 Å². The highest BCUT2D eigenvalue weighted by Crippen LogP contribution is 2.11. The number of halogens is 1. The molecule has 1 rings (SSSR count). The smallest absolute Gasteiger partial charge is 0.153 e. The summed E-state index contributed by atoms with van der Waals surface area (Å²) in [7, 11) is 0. The molecule has 0 fully saturated rings. The Bertz CT molecular complexity index is 268. The first-order valence-corrected chi connectivity index (χ1v) is 3.52. The van der Waals surface area contributed by atoms with Gasteiger partial charge in [-0.15, -0.1) is 0 Å². The third-order valence-corrected chi connectivity index (χ3v) is 1.62.